The largest absolute Gasteiger partial charge is 0.307 e. The third-order valence-corrected chi connectivity index (χ3v) is 7.23. The molecule has 0 amide bonds. The van der Waals surface area contributed by atoms with E-state index in [-0.39, 0.29) is 0 Å². The molecule has 1 aliphatic carbocycles. The molecule has 3 aromatic heterocycles. The molecule has 3 heteroatoms. The Morgan fingerprint density at radius 1 is 0.543 bits per heavy atom. The lowest BCUT2D eigenvalue weighted by Gasteiger charge is -2.12. The van der Waals surface area contributed by atoms with E-state index in [1.165, 1.54) is 54.8 Å². The minimum atomic E-state index is 0.873. The molecule has 0 saturated heterocycles. The maximum Gasteiger partial charge on any atom is 0.0887 e. The van der Waals surface area contributed by atoms with Gasteiger partial charge in [-0.25, -0.2) is 0 Å². The summed E-state index contributed by atoms with van der Waals surface area (Å²) in [7, 11) is 0. The van der Waals surface area contributed by atoms with E-state index in [4.69, 9.17) is 4.98 Å². The van der Waals surface area contributed by atoms with E-state index in [0.29, 0.717) is 0 Å². The Kier molecular flexibility index (Phi) is 3.66. The highest BCUT2D eigenvalue weighted by Gasteiger charge is 2.26. The van der Waals surface area contributed by atoms with Crippen LogP contribution in [0, 0.1) is 0 Å². The second-order valence-corrected chi connectivity index (χ2v) is 9.06. The van der Waals surface area contributed by atoms with Gasteiger partial charge in [-0.15, -0.1) is 0 Å². The van der Waals surface area contributed by atoms with Crippen molar-refractivity contribution < 1.29 is 0 Å². The van der Waals surface area contributed by atoms with Crippen LogP contribution in [0.1, 0.15) is 0 Å². The zero-order valence-corrected chi connectivity index (χ0v) is 18.8. The van der Waals surface area contributed by atoms with Crippen LogP contribution in [-0.4, -0.2) is 14.5 Å². The van der Waals surface area contributed by atoms with Crippen molar-refractivity contribution >= 4 is 32.6 Å². The molecule has 8 rings (SSSR count). The molecule has 0 radical (unpaired) electrons. The fourth-order valence-corrected chi connectivity index (χ4v) is 5.78. The lowest BCUT2D eigenvalue weighted by atomic mass is 10.0. The zero-order chi connectivity index (χ0) is 22.9. The van der Waals surface area contributed by atoms with Crippen molar-refractivity contribution in [1.29, 1.82) is 0 Å². The number of rotatable bonds is 2. The van der Waals surface area contributed by atoms with Gasteiger partial charge in [0.25, 0.3) is 0 Å². The van der Waals surface area contributed by atoms with Gasteiger partial charge in [0, 0.05) is 22.5 Å². The number of nitrogens with zero attached hydrogens (tertiary/aromatic N) is 3. The van der Waals surface area contributed by atoms with Crippen molar-refractivity contribution in [2.24, 2.45) is 0 Å². The lowest BCUT2D eigenvalue weighted by molar-refractivity contribution is 1.14. The number of aromatic nitrogens is 3. The van der Waals surface area contributed by atoms with Gasteiger partial charge in [-0.1, -0.05) is 72.8 Å². The maximum absolute atomic E-state index is 4.81. The Labute approximate surface area is 202 Å². The molecule has 0 bridgehead atoms. The van der Waals surface area contributed by atoms with Crippen molar-refractivity contribution in [3.63, 3.8) is 0 Å². The second-order valence-electron chi connectivity index (χ2n) is 9.06. The Morgan fingerprint density at radius 3 is 2.20 bits per heavy atom. The van der Waals surface area contributed by atoms with Crippen molar-refractivity contribution in [2.45, 2.75) is 0 Å². The quantitative estimate of drug-likeness (QED) is 0.269. The average Bonchev–Trinajstić information content (AvgIpc) is 3.44. The van der Waals surface area contributed by atoms with E-state index in [1.807, 2.05) is 24.4 Å². The molecule has 0 spiro atoms. The van der Waals surface area contributed by atoms with Crippen LogP contribution < -0.4 is 0 Å². The number of hydrogen-bond acceptors (Lipinski definition) is 2. The van der Waals surface area contributed by atoms with Crippen molar-refractivity contribution in [3.8, 4) is 39.3 Å². The summed E-state index contributed by atoms with van der Waals surface area (Å²) < 4.78 is 2.38. The Morgan fingerprint density at radius 2 is 1.37 bits per heavy atom. The summed E-state index contributed by atoms with van der Waals surface area (Å²) in [6, 6.07) is 36.7. The fraction of sp³-hybridized carbons (Fsp3) is 0. The van der Waals surface area contributed by atoms with Crippen LogP contribution in [0.4, 0.5) is 0 Å². The van der Waals surface area contributed by atoms with Gasteiger partial charge in [-0.2, -0.15) is 0 Å². The molecule has 0 fully saturated rings. The molecule has 35 heavy (non-hydrogen) atoms. The van der Waals surface area contributed by atoms with E-state index >= 15 is 0 Å². The summed E-state index contributed by atoms with van der Waals surface area (Å²) in [6.45, 7) is 0. The van der Waals surface area contributed by atoms with Gasteiger partial charge in [0.1, 0.15) is 0 Å². The first kappa shape index (κ1) is 18.6. The predicted molar refractivity (Wildman–Crippen MR) is 144 cm³/mol. The molecule has 1 aliphatic rings. The van der Waals surface area contributed by atoms with Crippen molar-refractivity contribution in [2.75, 3.05) is 0 Å². The van der Waals surface area contributed by atoms with Crippen LogP contribution in [-0.2, 0) is 0 Å². The molecule has 4 aromatic carbocycles. The molecule has 0 unspecified atom stereocenters. The highest BCUT2D eigenvalue weighted by atomic mass is 15.0. The minimum Gasteiger partial charge on any atom is -0.307 e. The van der Waals surface area contributed by atoms with Crippen LogP contribution in [0.2, 0.25) is 0 Å². The molecule has 162 valence electrons. The molecule has 7 aromatic rings. The monoisotopic (exact) mass is 445 g/mol. The Balaban J connectivity index is 1.47. The number of hydrogen-bond donors (Lipinski definition) is 0. The Hall–Kier alpha value is -4.76. The zero-order valence-electron chi connectivity index (χ0n) is 18.8. The normalized spacial score (nSPS) is 12.0. The Bertz CT molecular complexity index is 1930. The van der Waals surface area contributed by atoms with E-state index in [0.717, 1.165) is 17.1 Å². The highest BCUT2D eigenvalue weighted by molar-refractivity contribution is 6.24. The molecular weight excluding hydrogens is 426 g/mol. The summed E-state index contributed by atoms with van der Waals surface area (Å²) in [4.78, 5) is 9.27. The van der Waals surface area contributed by atoms with Gasteiger partial charge in [0.15, 0.2) is 0 Å². The first-order valence-corrected chi connectivity index (χ1v) is 11.8. The molecule has 0 N–H and O–H groups in total. The molecule has 0 saturated carbocycles. The average molecular weight is 446 g/mol. The van der Waals surface area contributed by atoms with E-state index in [9.17, 15) is 0 Å². The SMILES string of the molecule is c1ccc(-c2ccc(-n3c4ccccc4c4ccc5c(c43)-c3cccc4cccc-5c34)cn2)nc1. The van der Waals surface area contributed by atoms with Gasteiger partial charge in [0.2, 0.25) is 0 Å². The van der Waals surface area contributed by atoms with Crippen LogP contribution in [0.3, 0.4) is 0 Å². The number of para-hydroxylation sites is 1. The van der Waals surface area contributed by atoms with E-state index in [2.05, 4.69) is 94.5 Å². The summed E-state index contributed by atoms with van der Waals surface area (Å²) in [5, 5.41) is 5.14. The standard InChI is InChI=1S/C32H19N3/c1-2-13-29-22(9-1)25-16-15-24-23-10-5-7-20-8-6-11-26(30(20)23)31(24)32(25)35(29)21-14-17-28(34-19-21)27-12-3-4-18-33-27/h1-19H. The number of pyridine rings is 2. The molecule has 0 aliphatic heterocycles. The van der Waals surface area contributed by atoms with Crippen molar-refractivity contribution in [1.82, 2.24) is 14.5 Å². The molecule has 3 nitrogen and oxygen atoms in total. The van der Waals surface area contributed by atoms with Gasteiger partial charge >= 0.3 is 0 Å². The molecule has 3 heterocycles. The number of fused-ring (bicyclic) bond motifs is 7. The third-order valence-electron chi connectivity index (χ3n) is 7.23. The van der Waals surface area contributed by atoms with E-state index in [1.54, 1.807) is 6.20 Å². The van der Waals surface area contributed by atoms with E-state index < -0.39 is 0 Å². The highest BCUT2D eigenvalue weighted by Crippen LogP contribution is 2.51. The molecule has 0 atom stereocenters. The van der Waals surface area contributed by atoms with Gasteiger partial charge in [-0.05, 0) is 57.8 Å². The summed E-state index contributed by atoms with van der Waals surface area (Å²) >= 11 is 0. The van der Waals surface area contributed by atoms with Crippen LogP contribution in [0.25, 0.3) is 71.9 Å². The lowest BCUT2D eigenvalue weighted by Crippen LogP contribution is -1.97. The smallest absolute Gasteiger partial charge is 0.0887 e. The summed E-state index contributed by atoms with van der Waals surface area (Å²) in [6.07, 6.45) is 3.78. The number of benzene rings is 4. The first-order valence-electron chi connectivity index (χ1n) is 11.8. The first-order chi connectivity index (χ1) is 17.4. The third kappa shape index (κ3) is 2.50. The summed E-state index contributed by atoms with van der Waals surface area (Å²) in [5.74, 6) is 0. The second kappa shape index (κ2) is 6.87. The van der Waals surface area contributed by atoms with Gasteiger partial charge < -0.3 is 4.57 Å². The van der Waals surface area contributed by atoms with Gasteiger partial charge in [-0.3, -0.25) is 9.97 Å². The fourth-order valence-electron chi connectivity index (χ4n) is 5.78. The van der Waals surface area contributed by atoms with Gasteiger partial charge in [0.05, 0.1) is 34.3 Å². The van der Waals surface area contributed by atoms with Crippen LogP contribution in [0.15, 0.2) is 116 Å². The maximum atomic E-state index is 4.81. The molecular formula is C32H19N3. The summed E-state index contributed by atoms with van der Waals surface area (Å²) in [5.41, 5.74) is 10.4. The van der Waals surface area contributed by atoms with Crippen LogP contribution >= 0.6 is 0 Å². The minimum absolute atomic E-state index is 0.873. The van der Waals surface area contributed by atoms with Crippen molar-refractivity contribution in [3.05, 3.63) is 116 Å². The predicted octanol–water partition coefficient (Wildman–Crippen LogP) is 8.04. The topological polar surface area (TPSA) is 30.7 Å². The van der Waals surface area contributed by atoms with Crippen LogP contribution in [0.5, 0.6) is 0 Å².